The number of rotatable bonds is 9. The lowest BCUT2D eigenvalue weighted by Gasteiger charge is -2.16. The van der Waals surface area contributed by atoms with Crippen molar-refractivity contribution < 1.29 is 29.3 Å². The molecule has 2 rings (SSSR count). The fourth-order valence-corrected chi connectivity index (χ4v) is 2.92. The number of hydrogen-bond donors (Lipinski definition) is 2. The molecule has 8 heteroatoms. The van der Waals surface area contributed by atoms with Crippen molar-refractivity contribution in [3.05, 3.63) is 51.6 Å². The summed E-state index contributed by atoms with van der Waals surface area (Å²) in [6.07, 6.45) is 0.402. The Labute approximate surface area is 157 Å². The van der Waals surface area contributed by atoms with E-state index in [2.05, 4.69) is 0 Å². The maximum absolute atomic E-state index is 11.6. The summed E-state index contributed by atoms with van der Waals surface area (Å²) in [5.74, 6) is 0.691. The minimum Gasteiger partial charge on any atom is -0.504 e. The molecule has 0 heterocycles. The highest BCUT2D eigenvalue weighted by Crippen LogP contribution is 2.38. The minimum atomic E-state index is -0.984. The predicted octanol–water partition coefficient (Wildman–Crippen LogP) is 2.94. The molecule has 0 bridgehead atoms. The third kappa shape index (κ3) is 4.52. The largest absolute Gasteiger partial charge is 0.504 e. The zero-order valence-electron chi connectivity index (χ0n) is 15.5. The maximum atomic E-state index is 11.6. The van der Waals surface area contributed by atoms with Crippen LogP contribution < -0.4 is 14.2 Å². The van der Waals surface area contributed by atoms with E-state index in [0.717, 1.165) is 0 Å². The quantitative estimate of drug-likeness (QED) is 0.510. The van der Waals surface area contributed by atoms with Gasteiger partial charge >= 0.3 is 0 Å². The Bertz CT molecular complexity index is 807. The van der Waals surface area contributed by atoms with Crippen molar-refractivity contribution in [3.63, 3.8) is 0 Å². The second kappa shape index (κ2) is 8.98. The molecule has 0 aliphatic carbocycles. The number of nitro groups is 1. The fourth-order valence-electron chi connectivity index (χ4n) is 2.92. The highest BCUT2D eigenvalue weighted by molar-refractivity contribution is 5.53. The number of aryl methyl sites for hydroxylation is 1. The molecule has 0 saturated heterocycles. The second-order valence-corrected chi connectivity index (χ2v) is 5.95. The van der Waals surface area contributed by atoms with Crippen LogP contribution in [0.2, 0.25) is 0 Å². The second-order valence-electron chi connectivity index (χ2n) is 5.95. The van der Waals surface area contributed by atoms with Gasteiger partial charge < -0.3 is 24.4 Å². The number of para-hydroxylation sites is 1. The van der Waals surface area contributed by atoms with Crippen molar-refractivity contribution in [1.82, 2.24) is 0 Å². The van der Waals surface area contributed by atoms with E-state index < -0.39 is 11.0 Å². The first-order chi connectivity index (χ1) is 12.9. The zero-order chi connectivity index (χ0) is 20.0. The van der Waals surface area contributed by atoms with Crippen LogP contribution in [0.1, 0.15) is 17.5 Å². The van der Waals surface area contributed by atoms with Gasteiger partial charge in [-0.1, -0.05) is 12.1 Å². The van der Waals surface area contributed by atoms with Crippen molar-refractivity contribution >= 4 is 0 Å². The highest BCUT2D eigenvalue weighted by atomic mass is 16.6. The number of nitrogens with zero attached hydrogens (tertiary/aromatic N) is 1. The summed E-state index contributed by atoms with van der Waals surface area (Å²) in [4.78, 5) is 11.2. The van der Waals surface area contributed by atoms with Gasteiger partial charge in [0.25, 0.3) is 0 Å². The lowest BCUT2D eigenvalue weighted by atomic mass is 9.97. The first kappa shape index (κ1) is 20.2. The Morgan fingerprint density at radius 2 is 1.56 bits per heavy atom. The van der Waals surface area contributed by atoms with Gasteiger partial charge in [0.1, 0.15) is 5.75 Å². The molecule has 0 radical (unpaired) electrons. The maximum Gasteiger partial charge on any atom is 0.217 e. The van der Waals surface area contributed by atoms with Crippen LogP contribution in [0.3, 0.4) is 0 Å². The number of aromatic hydroxyl groups is 2. The molecule has 8 nitrogen and oxygen atoms in total. The molecular formula is C19H23NO7. The molecule has 27 heavy (non-hydrogen) atoms. The fraction of sp³-hybridized carbons (Fsp3) is 0.368. The molecule has 0 fully saturated rings. The summed E-state index contributed by atoms with van der Waals surface area (Å²) in [7, 11) is 4.28. The first-order valence-corrected chi connectivity index (χ1v) is 8.34. The van der Waals surface area contributed by atoms with Crippen LogP contribution in [0.5, 0.6) is 28.7 Å². The van der Waals surface area contributed by atoms with E-state index in [4.69, 9.17) is 14.2 Å². The molecule has 1 unspecified atom stereocenters. The third-order valence-electron chi connectivity index (χ3n) is 4.43. The van der Waals surface area contributed by atoms with Crippen LogP contribution in [0, 0.1) is 10.1 Å². The molecule has 2 aromatic carbocycles. The summed E-state index contributed by atoms with van der Waals surface area (Å²) in [6, 6.07) is 7.17. The topological polar surface area (TPSA) is 111 Å². The third-order valence-corrected chi connectivity index (χ3v) is 4.43. The van der Waals surface area contributed by atoms with Crippen molar-refractivity contribution in [1.29, 1.82) is 0 Å². The van der Waals surface area contributed by atoms with Gasteiger partial charge in [-0.3, -0.25) is 10.1 Å². The molecular weight excluding hydrogens is 354 g/mol. The van der Waals surface area contributed by atoms with Gasteiger partial charge in [0.15, 0.2) is 23.0 Å². The summed E-state index contributed by atoms with van der Waals surface area (Å²) < 4.78 is 15.4. The van der Waals surface area contributed by atoms with Gasteiger partial charge in [-0.15, -0.1) is 0 Å². The van der Waals surface area contributed by atoms with Gasteiger partial charge in [-0.25, -0.2) is 0 Å². The van der Waals surface area contributed by atoms with Crippen molar-refractivity contribution in [2.45, 2.75) is 25.3 Å². The predicted molar refractivity (Wildman–Crippen MR) is 98.7 cm³/mol. The number of phenols is 2. The molecule has 0 aliphatic heterocycles. The monoisotopic (exact) mass is 377 g/mol. The van der Waals surface area contributed by atoms with Gasteiger partial charge in [-0.2, -0.15) is 0 Å². The molecule has 2 aromatic rings. The van der Waals surface area contributed by atoms with Gasteiger partial charge in [0.05, 0.1) is 21.3 Å². The van der Waals surface area contributed by atoms with Crippen LogP contribution in [0.25, 0.3) is 0 Å². The van der Waals surface area contributed by atoms with Crippen LogP contribution >= 0.6 is 0 Å². The molecule has 2 N–H and O–H groups in total. The van der Waals surface area contributed by atoms with Crippen LogP contribution in [0.15, 0.2) is 30.3 Å². The van der Waals surface area contributed by atoms with Gasteiger partial charge in [0, 0.05) is 23.3 Å². The summed E-state index contributed by atoms with van der Waals surface area (Å²) in [5.41, 5.74) is 0.872. The minimum absolute atomic E-state index is 0.0242. The van der Waals surface area contributed by atoms with E-state index >= 15 is 0 Å². The van der Waals surface area contributed by atoms with E-state index in [1.165, 1.54) is 27.4 Å². The number of methoxy groups -OCH3 is 3. The van der Waals surface area contributed by atoms with Crippen molar-refractivity contribution in [2.75, 3.05) is 21.3 Å². The van der Waals surface area contributed by atoms with E-state index in [9.17, 15) is 20.3 Å². The van der Waals surface area contributed by atoms with Crippen LogP contribution in [0.4, 0.5) is 0 Å². The SMILES string of the molecule is COc1cccc(CCC(Cc2c(OC)ccc(OC)c2O)[N+](=O)[O-])c1O. The number of phenolic OH excluding ortho intramolecular Hbond substituents is 2. The van der Waals surface area contributed by atoms with Crippen molar-refractivity contribution in [2.24, 2.45) is 0 Å². The number of hydrogen-bond acceptors (Lipinski definition) is 7. The molecule has 146 valence electrons. The Morgan fingerprint density at radius 1 is 0.963 bits per heavy atom. The molecule has 0 spiro atoms. The smallest absolute Gasteiger partial charge is 0.217 e. The van der Waals surface area contributed by atoms with E-state index in [1.54, 1.807) is 24.3 Å². The van der Waals surface area contributed by atoms with Crippen LogP contribution in [-0.2, 0) is 12.8 Å². The number of ether oxygens (including phenoxy) is 3. The zero-order valence-corrected chi connectivity index (χ0v) is 15.5. The summed E-state index contributed by atoms with van der Waals surface area (Å²) in [5, 5.41) is 32.1. The Kier molecular flexibility index (Phi) is 6.70. The molecule has 1 atom stereocenters. The molecule has 0 aliphatic rings. The van der Waals surface area contributed by atoms with Crippen molar-refractivity contribution in [3.8, 4) is 28.7 Å². The average molecular weight is 377 g/mol. The Morgan fingerprint density at radius 3 is 2.15 bits per heavy atom. The molecule has 0 aromatic heterocycles. The Balaban J connectivity index is 2.24. The van der Waals surface area contributed by atoms with E-state index in [1.807, 2.05) is 0 Å². The number of benzene rings is 2. The normalized spacial score (nSPS) is 11.7. The standard InChI is InChI=1S/C19H23NO7/c1-25-15-9-10-17(27-3)19(22)14(15)11-13(20(23)24)8-7-12-5-4-6-16(26-2)18(12)21/h4-6,9-10,13,21-22H,7-8,11H2,1-3H3. The lowest BCUT2D eigenvalue weighted by Crippen LogP contribution is -2.23. The molecule has 0 saturated carbocycles. The van der Waals surface area contributed by atoms with Gasteiger partial charge in [-0.05, 0) is 30.2 Å². The Hall–Kier alpha value is -3.16. The van der Waals surface area contributed by atoms with E-state index in [0.29, 0.717) is 22.6 Å². The summed E-state index contributed by atoms with van der Waals surface area (Å²) >= 11 is 0. The summed E-state index contributed by atoms with van der Waals surface area (Å²) in [6.45, 7) is 0. The first-order valence-electron chi connectivity index (χ1n) is 8.34. The van der Waals surface area contributed by atoms with E-state index in [-0.39, 0.29) is 36.5 Å². The molecule has 0 amide bonds. The van der Waals surface area contributed by atoms with Crippen LogP contribution in [-0.4, -0.2) is 42.5 Å². The van der Waals surface area contributed by atoms with Gasteiger partial charge in [0.2, 0.25) is 6.04 Å². The average Bonchev–Trinajstić information content (AvgIpc) is 2.66. The highest BCUT2D eigenvalue weighted by Gasteiger charge is 2.26. The lowest BCUT2D eigenvalue weighted by molar-refractivity contribution is -0.523.